The number of ether oxygens (including phenoxy) is 2. The fourth-order valence-corrected chi connectivity index (χ4v) is 9.74. The molecular formula is C17H20O3S. The molecular weight excluding hydrogens is 284 g/mol. The zero-order valence-corrected chi connectivity index (χ0v) is 13.6. The van der Waals surface area contributed by atoms with Crippen molar-refractivity contribution in [3.8, 4) is 11.5 Å². The van der Waals surface area contributed by atoms with Crippen LogP contribution in [-0.2, 0) is 4.93 Å². The van der Waals surface area contributed by atoms with Crippen LogP contribution in [0.3, 0.4) is 0 Å². The van der Waals surface area contributed by atoms with Crippen molar-refractivity contribution in [1.82, 2.24) is 0 Å². The maximum Gasteiger partial charge on any atom is 0.149 e. The molecule has 0 saturated carbocycles. The number of thiol groups is 1. The molecule has 2 aromatic rings. The molecule has 2 heterocycles. The predicted molar refractivity (Wildman–Crippen MR) is 86.4 cm³/mol. The van der Waals surface area contributed by atoms with Gasteiger partial charge in [-0.1, -0.05) is 24.3 Å². The lowest BCUT2D eigenvalue weighted by atomic mass is 9.95. The molecule has 112 valence electrons. The third-order valence-corrected chi connectivity index (χ3v) is 11.6. The van der Waals surface area contributed by atoms with Gasteiger partial charge in [0.05, 0.1) is 14.2 Å². The fraction of sp³-hybridized carbons (Fsp3) is 0.294. The molecule has 21 heavy (non-hydrogen) atoms. The first kappa shape index (κ1) is 13.0. The van der Waals surface area contributed by atoms with Gasteiger partial charge in [-0.3, -0.25) is 0 Å². The highest BCUT2D eigenvalue weighted by Crippen LogP contribution is 3.02. The second-order valence-electron chi connectivity index (χ2n) is 6.51. The number of fused-ring (bicyclic) bond motifs is 7. The van der Waals surface area contributed by atoms with Crippen molar-refractivity contribution in [2.45, 2.75) is 14.7 Å². The first-order chi connectivity index (χ1) is 9.91. The second-order valence-corrected chi connectivity index (χ2v) is 12.4. The number of rotatable bonds is 2. The first-order valence-electron chi connectivity index (χ1n) is 7.00. The summed E-state index contributed by atoms with van der Waals surface area (Å²) in [5, 5.41) is 11.6. The maximum absolute atomic E-state index is 11.6. The minimum Gasteiger partial charge on any atom is -0.496 e. The van der Waals surface area contributed by atoms with E-state index < -0.39 is 14.1 Å². The van der Waals surface area contributed by atoms with Gasteiger partial charge in [0.15, 0.2) is 0 Å². The molecule has 1 N–H and O–H groups in total. The van der Waals surface area contributed by atoms with Gasteiger partial charge in [-0.15, -0.1) is 0 Å². The van der Waals surface area contributed by atoms with Crippen molar-refractivity contribution in [1.29, 1.82) is 0 Å². The van der Waals surface area contributed by atoms with Crippen molar-refractivity contribution >= 4 is 9.16 Å². The lowest BCUT2D eigenvalue weighted by Gasteiger charge is -2.81. The summed E-state index contributed by atoms with van der Waals surface area (Å²) >= 11 is 0. The number of aliphatic hydroxyl groups is 1. The molecule has 0 spiro atoms. The van der Waals surface area contributed by atoms with Crippen LogP contribution in [0.1, 0.15) is 11.1 Å². The molecule has 0 amide bonds. The second kappa shape index (κ2) is 3.39. The molecule has 0 fully saturated rings. The molecule has 0 bridgehead atoms. The van der Waals surface area contributed by atoms with Crippen LogP contribution >= 0.6 is 9.16 Å². The van der Waals surface area contributed by atoms with Crippen LogP contribution in [0.2, 0.25) is 0 Å². The van der Waals surface area contributed by atoms with Gasteiger partial charge in [-0.25, -0.2) is 9.16 Å². The summed E-state index contributed by atoms with van der Waals surface area (Å²) in [6.45, 7) is 0. The van der Waals surface area contributed by atoms with E-state index in [0.29, 0.717) is 0 Å². The number of hydrogen-bond donors (Lipinski definition) is 2. The SMILES string of the molecule is COc1cccc2c1C1(O)c3c(OC)cccc3[SH]21(C)C. The molecule has 0 aliphatic carbocycles. The minimum absolute atomic E-state index is 0.760. The quantitative estimate of drug-likeness (QED) is 0.838. The summed E-state index contributed by atoms with van der Waals surface area (Å²) < 4.78 is 11.0. The predicted octanol–water partition coefficient (Wildman–Crippen LogP) is 2.97. The Morgan fingerprint density at radius 1 is 0.857 bits per heavy atom. The average Bonchev–Trinajstić information content (AvgIpc) is 2.52. The van der Waals surface area contributed by atoms with Crippen LogP contribution in [0.4, 0.5) is 0 Å². The Morgan fingerprint density at radius 3 is 1.67 bits per heavy atom. The fourth-order valence-electron chi connectivity index (χ4n) is 4.37. The van der Waals surface area contributed by atoms with Crippen LogP contribution in [0.25, 0.3) is 0 Å². The van der Waals surface area contributed by atoms with Crippen molar-refractivity contribution in [2.24, 2.45) is 0 Å². The molecule has 2 aliphatic rings. The van der Waals surface area contributed by atoms with Gasteiger partial charge < -0.3 is 14.6 Å². The van der Waals surface area contributed by atoms with Crippen molar-refractivity contribution < 1.29 is 14.6 Å². The third kappa shape index (κ3) is 0.991. The van der Waals surface area contributed by atoms with E-state index in [1.165, 1.54) is 9.79 Å². The highest BCUT2D eigenvalue weighted by molar-refractivity contribution is 8.51. The molecule has 2 aromatic carbocycles. The average molecular weight is 304 g/mol. The zero-order chi connectivity index (χ0) is 15.1. The summed E-state index contributed by atoms with van der Waals surface area (Å²) in [5.74, 6) is 1.52. The molecule has 0 aromatic heterocycles. The van der Waals surface area contributed by atoms with Gasteiger partial charge in [0, 0.05) is 11.1 Å². The largest absolute Gasteiger partial charge is 0.496 e. The Kier molecular flexibility index (Phi) is 2.11. The maximum atomic E-state index is 11.6. The highest BCUT2D eigenvalue weighted by Gasteiger charge is 2.75. The minimum atomic E-state index is -2.53. The number of methoxy groups -OCH3 is 2. The molecule has 0 saturated heterocycles. The Balaban J connectivity index is 2.12. The topological polar surface area (TPSA) is 38.7 Å². The highest BCUT2D eigenvalue weighted by atomic mass is 32.3. The molecule has 3 nitrogen and oxygen atoms in total. The van der Waals surface area contributed by atoms with E-state index in [1.54, 1.807) is 14.2 Å². The molecule has 2 aliphatic heterocycles. The van der Waals surface area contributed by atoms with Gasteiger partial charge >= 0.3 is 0 Å². The lowest BCUT2D eigenvalue weighted by Crippen LogP contribution is -2.59. The van der Waals surface area contributed by atoms with E-state index in [2.05, 4.69) is 24.6 Å². The molecule has 4 heteroatoms. The van der Waals surface area contributed by atoms with E-state index in [9.17, 15) is 5.11 Å². The summed E-state index contributed by atoms with van der Waals surface area (Å²) in [6.07, 6.45) is 4.46. The van der Waals surface area contributed by atoms with Gasteiger partial charge in [0.2, 0.25) is 0 Å². The number of benzene rings is 2. The van der Waals surface area contributed by atoms with E-state index >= 15 is 0 Å². The van der Waals surface area contributed by atoms with Gasteiger partial charge in [-0.05, 0) is 34.4 Å². The van der Waals surface area contributed by atoms with Gasteiger partial charge in [-0.2, -0.15) is 0 Å². The Labute approximate surface area is 124 Å². The molecule has 0 radical (unpaired) electrons. The smallest absolute Gasteiger partial charge is 0.149 e. The summed E-state index contributed by atoms with van der Waals surface area (Å²) in [4.78, 5) is 1.57. The summed E-state index contributed by atoms with van der Waals surface area (Å²) in [7, 11) is 0.776. The van der Waals surface area contributed by atoms with Gasteiger partial charge in [0.1, 0.15) is 16.4 Å². The van der Waals surface area contributed by atoms with Crippen molar-refractivity contribution in [2.75, 3.05) is 26.7 Å². The number of hydrogen-bond acceptors (Lipinski definition) is 3. The van der Waals surface area contributed by atoms with E-state index in [4.69, 9.17) is 9.47 Å². The summed E-state index contributed by atoms with van der Waals surface area (Å²) in [5.41, 5.74) is 1.85. The Hall–Kier alpha value is -1.65. The molecule has 0 unspecified atom stereocenters. The summed E-state index contributed by atoms with van der Waals surface area (Å²) in [6, 6.07) is 12.1. The van der Waals surface area contributed by atoms with Crippen LogP contribution < -0.4 is 9.47 Å². The monoisotopic (exact) mass is 304 g/mol. The lowest BCUT2D eigenvalue weighted by molar-refractivity contribution is 0.132. The van der Waals surface area contributed by atoms with E-state index in [0.717, 1.165) is 22.6 Å². The van der Waals surface area contributed by atoms with Crippen LogP contribution in [-0.4, -0.2) is 31.8 Å². The Bertz CT molecular complexity index is 735. The van der Waals surface area contributed by atoms with Gasteiger partial charge in [0.25, 0.3) is 0 Å². The molecule has 4 rings (SSSR count). The van der Waals surface area contributed by atoms with E-state index in [1.807, 2.05) is 24.3 Å². The third-order valence-electron chi connectivity index (χ3n) is 5.56. The van der Waals surface area contributed by atoms with Crippen LogP contribution in [0.5, 0.6) is 11.5 Å². The normalized spacial score (nSPS) is 27.6. The molecule has 0 atom stereocenters. The van der Waals surface area contributed by atoms with Crippen molar-refractivity contribution in [3.63, 3.8) is 0 Å². The van der Waals surface area contributed by atoms with Crippen LogP contribution in [0.15, 0.2) is 46.2 Å². The standard InChI is InChI=1S/C17H20O3S/c1-19-11-7-5-9-13-15(11)17(18)16-12(20-2)8-6-10-14(16)21(13,17,3)4/h5-10,18,21H,1-4H3. The Morgan fingerprint density at radius 2 is 1.29 bits per heavy atom. The zero-order valence-electron chi connectivity index (χ0n) is 12.7. The van der Waals surface area contributed by atoms with E-state index in [-0.39, 0.29) is 0 Å². The van der Waals surface area contributed by atoms with Crippen LogP contribution in [0, 0.1) is 0 Å². The first-order valence-corrected chi connectivity index (χ1v) is 10.1. The van der Waals surface area contributed by atoms with Crippen molar-refractivity contribution in [3.05, 3.63) is 47.5 Å².